The monoisotopic (exact) mass is 539 g/mol. The van der Waals surface area contributed by atoms with Gasteiger partial charge in [0.25, 0.3) is 11.8 Å². The molecule has 40 heavy (non-hydrogen) atoms. The van der Waals surface area contributed by atoms with Crippen LogP contribution in [0.4, 0.5) is 5.69 Å². The Bertz CT molecular complexity index is 1440. The molecule has 5 rings (SSSR count). The van der Waals surface area contributed by atoms with Crippen molar-refractivity contribution in [1.29, 1.82) is 0 Å². The molecule has 4 aromatic rings. The van der Waals surface area contributed by atoms with Crippen LogP contribution >= 0.6 is 0 Å². The molecule has 2 amide bonds. The summed E-state index contributed by atoms with van der Waals surface area (Å²) in [4.78, 5) is 28.8. The second kappa shape index (κ2) is 12.6. The van der Waals surface area contributed by atoms with Gasteiger partial charge < -0.3 is 30.1 Å². The number of rotatable bonds is 9. The summed E-state index contributed by atoms with van der Waals surface area (Å²) in [5.74, 6) is -0.764. The van der Waals surface area contributed by atoms with Crippen LogP contribution in [0.1, 0.15) is 11.1 Å². The van der Waals surface area contributed by atoms with E-state index in [1.54, 1.807) is 0 Å². The molecule has 1 saturated heterocycles. The molecule has 0 spiro atoms. The Morgan fingerprint density at radius 3 is 2.12 bits per heavy atom. The van der Waals surface area contributed by atoms with Gasteiger partial charge in [0.15, 0.2) is 12.2 Å². The van der Waals surface area contributed by atoms with Gasteiger partial charge in [0, 0.05) is 38.4 Å². The van der Waals surface area contributed by atoms with E-state index in [-0.39, 0.29) is 6.54 Å². The lowest BCUT2D eigenvalue weighted by Gasteiger charge is -2.37. The molecule has 1 aliphatic rings. The van der Waals surface area contributed by atoms with Gasteiger partial charge in [-0.3, -0.25) is 9.59 Å². The largest absolute Gasteiger partial charge is 0.489 e. The average Bonchev–Trinajstić information content (AvgIpc) is 3.02. The van der Waals surface area contributed by atoms with E-state index < -0.39 is 24.0 Å². The third-order valence-electron chi connectivity index (χ3n) is 7.14. The molecule has 0 aliphatic carbocycles. The highest BCUT2D eigenvalue weighted by Gasteiger charge is 2.34. The molecular formula is C32H33N3O5. The topological polar surface area (TPSA) is 102 Å². The fourth-order valence-corrected chi connectivity index (χ4v) is 4.78. The third kappa shape index (κ3) is 6.59. The maximum atomic E-state index is 12.7. The highest BCUT2D eigenvalue weighted by molar-refractivity contribution is 5.90. The SMILES string of the molecule is O=C(NCc1ccc(OCc2ccc3ccccc3c2)cc1)[C@H](O)[C@@H](O)C(=O)N1CCN(c2ccccc2)CC1. The summed E-state index contributed by atoms with van der Waals surface area (Å²) >= 11 is 0. The molecule has 3 N–H and O–H groups in total. The van der Waals surface area contributed by atoms with Crippen molar-refractivity contribution >= 4 is 28.3 Å². The van der Waals surface area contributed by atoms with Crippen molar-refractivity contribution in [2.75, 3.05) is 31.1 Å². The van der Waals surface area contributed by atoms with Crippen molar-refractivity contribution in [3.05, 3.63) is 108 Å². The summed E-state index contributed by atoms with van der Waals surface area (Å²) in [6.07, 6.45) is -3.68. The van der Waals surface area contributed by atoms with Crippen LogP contribution < -0.4 is 15.0 Å². The van der Waals surface area contributed by atoms with Gasteiger partial charge >= 0.3 is 0 Å². The van der Waals surface area contributed by atoms with E-state index in [4.69, 9.17) is 4.74 Å². The Morgan fingerprint density at radius 1 is 0.750 bits per heavy atom. The molecule has 0 radical (unpaired) electrons. The van der Waals surface area contributed by atoms with Gasteiger partial charge in [-0.15, -0.1) is 0 Å². The van der Waals surface area contributed by atoms with Gasteiger partial charge in [0.05, 0.1) is 0 Å². The van der Waals surface area contributed by atoms with Crippen LogP contribution in [0.3, 0.4) is 0 Å². The van der Waals surface area contributed by atoms with Gasteiger partial charge in [-0.1, -0.05) is 66.7 Å². The lowest BCUT2D eigenvalue weighted by Crippen LogP contribution is -2.55. The Kier molecular flexibility index (Phi) is 8.59. The predicted molar refractivity (Wildman–Crippen MR) is 154 cm³/mol. The van der Waals surface area contributed by atoms with Gasteiger partial charge in [0.1, 0.15) is 12.4 Å². The van der Waals surface area contributed by atoms with Crippen molar-refractivity contribution in [1.82, 2.24) is 10.2 Å². The normalized spacial score (nSPS) is 14.9. The molecule has 8 heteroatoms. The van der Waals surface area contributed by atoms with Crippen molar-refractivity contribution in [2.45, 2.75) is 25.4 Å². The quantitative estimate of drug-likeness (QED) is 0.302. The summed E-state index contributed by atoms with van der Waals surface area (Å²) < 4.78 is 5.90. The van der Waals surface area contributed by atoms with Crippen molar-refractivity contribution < 1.29 is 24.5 Å². The molecule has 4 aromatic carbocycles. The number of piperazine rings is 1. The summed E-state index contributed by atoms with van der Waals surface area (Å²) in [7, 11) is 0. The second-order valence-electron chi connectivity index (χ2n) is 9.87. The number of aliphatic hydroxyl groups excluding tert-OH is 2. The first kappa shape index (κ1) is 27.2. The molecule has 0 aromatic heterocycles. The predicted octanol–water partition coefficient (Wildman–Crippen LogP) is 3.11. The van der Waals surface area contributed by atoms with E-state index in [1.807, 2.05) is 72.8 Å². The van der Waals surface area contributed by atoms with Crippen LogP contribution in [0.15, 0.2) is 97.1 Å². The highest BCUT2D eigenvalue weighted by atomic mass is 16.5. The second-order valence-corrected chi connectivity index (χ2v) is 9.87. The number of hydrogen-bond acceptors (Lipinski definition) is 6. The van der Waals surface area contributed by atoms with E-state index >= 15 is 0 Å². The molecule has 1 fully saturated rings. The van der Waals surface area contributed by atoms with E-state index in [0.29, 0.717) is 38.5 Å². The first-order valence-electron chi connectivity index (χ1n) is 13.4. The zero-order valence-corrected chi connectivity index (χ0v) is 22.1. The minimum atomic E-state index is -1.86. The number of ether oxygens (including phenoxy) is 1. The lowest BCUT2D eigenvalue weighted by molar-refractivity contribution is -0.153. The number of fused-ring (bicyclic) bond motifs is 1. The first-order chi connectivity index (χ1) is 19.5. The molecule has 0 saturated carbocycles. The Labute approximate surface area is 233 Å². The summed E-state index contributed by atoms with van der Waals surface area (Å²) in [6.45, 7) is 2.57. The maximum absolute atomic E-state index is 12.7. The molecule has 0 unspecified atom stereocenters. The Hall–Kier alpha value is -4.40. The van der Waals surface area contributed by atoms with E-state index in [0.717, 1.165) is 22.2 Å². The lowest BCUT2D eigenvalue weighted by atomic mass is 10.1. The zero-order chi connectivity index (χ0) is 27.9. The number of anilines is 1. The third-order valence-corrected chi connectivity index (χ3v) is 7.14. The van der Waals surface area contributed by atoms with Crippen LogP contribution in [-0.4, -0.2) is 65.3 Å². The van der Waals surface area contributed by atoms with Gasteiger partial charge in [-0.2, -0.15) is 0 Å². The average molecular weight is 540 g/mol. The van der Waals surface area contributed by atoms with E-state index in [2.05, 4.69) is 34.5 Å². The van der Waals surface area contributed by atoms with Crippen LogP contribution in [0.5, 0.6) is 5.75 Å². The molecule has 2 atom stereocenters. The molecule has 1 heterocycles. The number of nitrogens with zero attached hydrogens (tertiary/aromatic N) is 2. The first-order valence-corrected chi connectivity index (χ1v) is 13.4. The zero-order valence-electron chi connectivity index (χ0n) is 22.1. The minimum Gasteiger partial charge on any atom is -0.489 e. The molecular weight excluding hydrogens is 506 g/mol. The fraction of sp³-hybridized carbons (Fsp3) is 0.250. The number of nitrogens with one attached hydrogen (secondary N) is 1. The maximum Gasteiger partial charge on any atom is 0.254 e. The highest BCUT2D eigenvalue weighted by Crippen LogP contribution is 2.19. The fourth-order valence-electron chi connectivity index (χ4n) is 4.78. The van der Waals surface area contributed by atoms with Crippen LogP contribution in [-0.2, 0) is 22.7 Å². The van der Waals surface area contributed by atoms with Crippen molar-refractivity contribution in [3.63, 3.8) is 0 Å². The van der Waals surface area contributed by atoms with Crippen LogP contribution in [0.25, 0.3) is 10.8 Å². The number of carbonyl (C=O) groups excluding carboxylic acids is 2. The molecule has 0 bridgehead atoms. The smallest absolute Gasteiger partial charge is 0.254 e. The Balaban J connectivity index is 1.06. The molecule has 1 aliphatic heterocycles. The van der Waals surface area contributed by atoms with E-state index in [9.17, 15) is 19.8 Å². The van der Waals surface area contributed by atoms with E-state index in [1.165, 1.54) is 10.3 Å². The number of benzene rings is 4. The number of aliphatic hydroxyl groups is 2. The van der Waals surface area contributed by atoms with Crippen LogP contribution in [0, 0.1) is 0 Å². The Morgan fingerprint density at radius 2 is 1.40 bits per heavy atom. The molecule has 206 valence electrons. The van der Waals surface area contributed by atoms with Gasteiger partial charge in [0.2, 0.25) is 0 Å². The van der Waals surface area contributed by atoms with Gasteiger partial charge in [-0.05, 0) is 52.2 Å². The van der Waals surface area contributed by atoms with Crippen molar-refractivity contribution in [2.24, 2.45) is 0 Å². The number of hydrogen-bond donors (Lipinski definition) is 3. The molecule has 8 nitrogen and oxygen atoms in total. The van der Waals surface area contributed by atoms with Crippen LogP contribution in [0.2, 0.25) is 0 Å². The van der Waals surface area contributed by atoms with Gasteiger partial charge in [-0.25, -0.2) is 0 Å². The standard InChI is InChI=1S/C32H33N3O5/c36-29(30(37)32(39)35-18-16-34(17-19-35)27-8-2-1-3-9-27)31(38)33-21-23-11-14-28(15-12-23)40-22-24-10-13-25-6-4-5-7-26(25)20-24/h1-15,20,29-30,36-37H,16-19,21-22H2,(H,33,38)/t29-,30-/m1/s1. The summed E-state index contributed by atoms with van der Waals surface area (Å²) in [6, 6.07) is 31.5. The number of para-hydroxylation sites is 1. The minimum absolute atomic E-state index is 0.136. The summed E-state index contributed by atoms with van der Waals surface area (Å²) in [5, 5.41) is 25.7. The summed E-state index contributed by atoms with van der Waals surface area (Å²) in [5.41, 5.74) is 2.92. The number of carbonyl (C=O) groups is 2. The number of amides is 2. The van der Waals surface area contributed by atoms with Crippen molar-refractivity contribution in [3.8, 4) is 5.75 Å².